The van der Waals surface area contributed by atoms with E-state index in [2.05, 4.69) is 34.3 Å². The van der Waals surface area contributed by atoms with Crippen molar-refractivity contribution in [1.29, 1.82) is 0 Å². The average Bonchev–Trinajstić information content (AvgIpc) is 2.72. The second-order valence-corrected chi connectivity index (χ2v) is 9.26. The summed E-state index contributed by atoms with van der Waals surface area (Å²) in [5.74, 6) is 0. The van der Waals surface area contributed by atoms with Gasteiger partial charge in [0.25, 0.3) is 0 Å². The highest BCUT2D eigenvalue weighted by molar-refractivity contribution is 7.85. The van der Waals surface area contributed by atoms with Gasteiger partial charge < -0.3 is 9.04 Å². The summed E-state index contributed by atoms with van der Waals surface area (Å²) in [7, 11) is -4.31. The maximum atomic E-state index is 10.5. The van der Waals surface area contributed by atoms with Crippen LogP contribution in [0.1, 0.15) is 84.6 Å². The molecule has 1 rings (SSSR count). The molecule has 0 spiro atoms. The number of benzene rings is 1. The van der Waals surface area contributed by atoms with Crippen molar-refractivity contribution >= 4 is 16.2 Å². The molecule has 0 aromatic heterocycles. The molecule has 1 aromatic rings. The fourth-order valence-corrected chi connectivity index (χ4v) is 3.88. The lowest BCUT2D eigenvalue weighted by Gasteiger charge is -2.39. The van der Waals surface area contributed by atoms with Crippen molar-refractivity contribution in [3.8, 4) is 0 Å². The molecule has 5 heteroatoms. The Hall–Kier alpha value is -1.17. The third-order valence-corrected chi connectivity index (χ3v) is 6.20. The molecular weight excluding hydrogens is 382 g/mol. The third-order valence-electron chi connectivity index (χ3n) is 5.35. The minimum Gasteiger partial charge on any atom is -0.744 e. The molecule has 0 aliphatic carbocycles. The molecule has 0 N–H and O–H groups in total. The molecule has 0 aliphatic rings. The Kier molecular flexibility index (Phi) is 15.0. The van der Waals surface area contributed by atoms with Crippen molar-refractivity contribution in [3.63, 3.8) is 0 Å². The van der Waals surface area contributed by atoms with Crippen LogP contribution in [0.2, 0.25) is 0 Å². The summed E-state index contributed by atoms with van der Waals surface area (Å²) in [6.45, 7) is 18.5. The quantitative estimate of drug-likeness (QED) is 0.262. The van der Waals surface area contributed by atoms with E-state index in [4.69, 9.17) is 0 Å². The average molecular weight is 426 g/mol. The molecule has 0 saturated carbocycles. The molecule has 29 heavy (non-hydrogen) atoms. The van der Waals surface area contributed by atoms with Crippen LogP contribution in [0.5, 0.6) is 0 Å². The smallest absolute Gasteiger partial charge is 0.124 e. The molecule has 0 radical (unpaired) electrons. The van der Waals surface area contributed by atoms with E-state index in [0.717, 1.165) is 5.56 Å². The van der Waals surface area contributed by atoms with Gasteiger partial charge in [-0.1, -0.05) is 78.2 Å². The Morgan fingerprint density at radius 3 is 1.38 bits per heavy atom. The van der Waals surface area contributed by atoms with Crippen molar-refractivity contribution in [1.82, 2.24) is 0 Å². The predicted molar refractivity (Wildman–Crippen MR) is 124 cm³/mol. The van der Waals surface area contributed by atoms with Crippen LogP contribution >= 0.6 is 0 Å². The molecule has 1 aromatic carbocycles. The Labute approximate surface area is 180 Å². The van der Waals surface area contributed by atoms with E-state index < -0.39 is 10.1 Å². The van der Waals surface area contributed by atoms with Crippen LogP contribution in [0.3, 0.4) is 0 Å². The Bertz CT molecular complexity index is 601. The number of nitrogens with zero attached hydrogens (tertiary/aromatic N) is 1. The van der Waals surface area contributed by atoms with Gasteiger partial charge in [0, 0.05) is 0 Å². The highest BCUT2D eigenvalue weighted by atomic mass is 32.2. The van der Waals surface area contributed by atoms with Crippen molar-refractivity contribution in [3.05, 3.63) is 36.4 Å². The van der Waals surface area contributed by atoms with Crippen molar-refractivity contribution in [2.24, 2.45) is 0 Å². The van der Waals surface area contributed by atoms with Crippen LogP contribution in [0, 0.1) is 0 Å². The van der Waals surface area contributed by atoms with Crippen LogP contribution in [0.15, 0.2) is 35.7 Å². The molecule has 0 atom stereocenters. The molecule has 4 nitrogen and oxygen atoms in total. The molecular formula is C24H43NO3S. The van der Waals surface area contributed by atoms with Gasteiger partial charge in [-0.05, 0) is 43.4 Å². The summed E-state index contributed by atoms with van der Waals surface area (Å²) in [4.78, 5) is -0.215. The van der Waals surface area contributed by atoms with Crippen molar-refractivity contribution in [2.45, 2.75) is 84.0 Å². The number of hydrogen-bond donors (Lipinski definition) is 0. The Morgan fingerprint density at radius 2 is 1.14 bits per heavy atom. The summed E-state index contributed by atoms with van der Waals surface area (Å²) in [5.41, 5.74) is 0.780. The maximum absolute atomic E-state index is 10.5. The first-order valence-corrected chi connectivity index (χ1v) is 12.7. The summed E-state index contributed by atoms with van der Waals surface area (Å²) in [6.07, 6.45) is 12.6. The van der Waals surface area contributed by atoms with Gasteiger partial charge in [-0.25, -0.2) is 8.42 Å². The van der Waals surface area contributed by atoms with Crippen LogP contribution in [0.25, 0.3) is 6.08 Å². The molecule has 0 unspecified atom stereocenters. The minimum absolute atomic E-state index is 0.215. The normalized spacial score (nSPS) is 11.6. The van der Waals surface area contributed by atoms with E-state index in [-0.39, 0.29) is 4.90 Å². The number of rotatable bonds is 14. The number of quaternary nitrogens is 1. The second kappa shape index (κ2) is 15.6. The van der Waals surface area contributed by atoms with Crippen molar-refractivity contribution < 1.29 is 17.5 Å². The largest absolute Gasteiger partial charge is 0.744 e. The summed E-state index contributed by atoms with van der Waals surface area (Å²) in [5, 5.41) is 0. The summed E-state index contributed by atoms with van der Waals surface area (Å²) in [6, 6.07) is 5.58. The zero-order valence-electron chi connectivity index (χ0n) is 19.2. The van der Waals surface area contributed by atoms with Crippen LogP contribution in [-0.4, -0.2) is 43.6 Å². The molecule has 0 fully saturated rings. The van der Waals surface area contributed by atoms with E-state index in [0.29, 0.717) is 0 Å². The Morgan fingerprint density at radius 1 is 0.793 bits per heavy atom. The molecule has 0 heterocycles. The summed E-state index contributed by atoms with van der Waals surface area (Å²) < 4.78 is 32.8. The van der Waals surface area contributed by atoms with E-state index >= 15 is 0 Å². The molecule has 0 bridgehead atoms. The lowest BCUT2D eigenvalue weighted by molar-refractivity contribution is -0.929. The highest BCUT2D eigenvalue weighted by Crippen LogP contribution is 2.16. The molecule has 168 valence electrons. The zero-order valence-corrected chi connectivity index (χ0v) is 20.0. The maximum Gasteiger partial charge on any atom is 0.124 e. The highest BCUT2D eigenvalue weighted by Gasteiger charge is 2.24. The first-order chi connectivity index (χ1) is 13.8. The van der Waals surface area contributed by atoms with Gasteiger partial charge in [-0.15, -0.1) is 0 Å². The lowest BCUT2D eigenvalue weighted by atomic mass is 10.1. The van der Waals surface area contributed by atoms with Gasteiger partial charge in [0.05, 0.1) is 31.1 Å². The van der Waals surface area contributed by atoms with Crippen LogP contribution in [0.4, 0.5) is 0 Å². The SMILES string of the molecule is C=Cc1ccc(S(=O)(=O)[O-])cc1.CCCC[N+](CCCC)(CCCC)CCCC. The zero-order chi connectivity index (χ0) is 22.2. The van der Waals surface area contributed by atoms with Gasteiger partial charge >= 0.3 is 0 Å². The Balaban J connectivity index is 0.000000571. The lowest BCUT2D eigenvalue weighted by Crippen LogP contribution is -2.50. The second-order valence-electron chi connectivity index (χ2n) is 7.88. The third kappa shape index (κ3) is 12.2. The van der Waals surface area contributed by atoms with Gasteiger partial charge in [-0.2, -0.15) is 0 Å². The minimum atomic E-state index is -4.31. The first-order valence-electron chi connectivity index (χ1n) is 11.3. The fraction of sp³-hybridized carbons (Fsp3) is 0.667. The van der Waals surface area contributed by atoms with Crippen LogP contribution in [-0.2, 0) is 10.1 Å². The van der Waals surface area contributed by atoms with E-state index in [9.17, 15) is 13.0 Å². The van der Waals surface area contributed by atoms with Gasteiger partial charge in [0.1, 0.15) is 10.1 Å². The first kappa shape index (κ1) is 27.8. The van der Waals surface area contributed by atoms with Gasteiger partial charge in [-0.3, -0.25) is 0 Å². The van der Waals surface area contributed by atoms with Gasteiger partial charge in [0.2, 0.25) is 0 Å². The molecule has 0 saturated heterocycles. The monoisotopic (exact) mass is 425 g/mol. The topological polar surface area (TPSA) is 57.2 Å². The fourth-order valence-electron chi connectivity index (χ4n) is 3.42. The van der Waals surface area contributed by atoms with E-state index in [1.54, 1.807) is 6.08 Å². The van der Waals surface area contributed by atoms with E-state index in [1.165, 1.54) is 106 Å². The molecule has 0 amide bonds. The predicted octanol–water partition coefficient (Wildman–Crippen LogP) is 6.24. The van der Waals surface area contributed by atoms with Crippen LogP contribution < -0.4 is 0 Å². The standard InChI is InChI=1S/C16H36N.C8H8O3S/c1-5-9-13-17(14-10-6-2,15-11-7-3)16-12-8-4;1-2-7-3-5-8(6-4-7)12(9,10)11/h5-16H2,1-4H3;2-6H,1H2,(H,9,10,11)/q+1;/p-1. The molecule has 0 aliphatic heterocycles. The van der Waals surface area contributed by atoms with Gasteiger partial charge in [0.15, 0.2) is 0 Å². The number of hydrogen-bond acceptors (Lipinski definition) is 3. The summed E-state index contributed by atoms with van der Waals surface area (Å²) >= 11 is 0. The number of unbranched alkanes of at least 4 members (excludes halogenated alkanes) is 4. The van der Waals surface area contributed by atoms with Crippen molar-refractivity contribution in [2.75, 3.05) is 26.2 Å². The van der Waals surface area contributed by atoms with E-state index in [1.807, 2.05) is 0 Å².